The second-order valence-corrected chi connectivity index (χ2v) is 7.40. The van der Waals surface area contributed by atoms with Crippen LogP contribution in [0.15, 0.2) is 24.3 Å². The molecule has 138 valence electrons. The first-order chi connectivity index (χ1) is 12.5. The highest BCUT2D eigenvalue weighted by molar-refractivity contribution is 6.05. The smallest absolute Gasteiger partial charge is 0.275 e. The van der Waals surface area contributed by atoms with Crippen LogP contribution in [0.3, 0.4) is 0 Å². The van der Waals surface area contributed by atoms with Gasteiger partial charge in [0.1, 0.15) is 0 Å². The van der Waals surface area contributed by atoms with E-state index < -0.39 is 11.6 Å². The predicted molar refractivity (Wildman–Crippen MR) is 95.4 cm³/mol. The molecule has 2 heterocycles. The van der Waals surface area contributed by atoms with Crippen molar-refractivity contribution in [3.63, 3.8) is 0 Å². The largest absolute Gasteiger partial charge is 0.353 e. The van der Waals surface area contributed by atoms with E-state index in [-0.39, 0.29) is 31.8 Å². The van der Waals surface area contributed by atoms with Crippen LogP contribution in [0.25, 0.3) is 10.9 Å². The van der Waals surface area contributed by atoms with E-state index in [0.717, 1.165) is 23.7 Å². The number of alkyl halides is 1. The summed E-state index contributed by atoms with van der Waals surface area (Å²) in [6, 6.07) is 7.54. The van der Waals surface area contributed by atoms with Crippen molar-refractivity contribution in [1.29, 1.82) is 0 Å². The zero-order valence-corrected chi connectivity index (χ0v) is 14.9. The molecule has 0 spiro atoms. The SMILES string of the molecule is Cn1nc(C(=O)N2CCC(F)(C(=O)NCC3CC3)CC2)c2ccccc21. The van der Waals surface area contributed by atoms with Gasteiger partial charge in [-0.2, -0.15) is 5.10 Å². The lowest BCUT2D eigenvalue weighted by molar-refractivity contribution is -0.135. The molecule has 26 heavy (non-hydrogen) atoms. The third-order valence-electron chi connectivity index (χ3n) is 5.46. The van der Waals surface area contributed by atoms with Crippen LogP contribution in [0.4, 0.5) is 4.39 Å². The minimum absolute atomic E-state index is 0.0278. The lowest BCUT2D eigenvalue weighted by atomic mass is 9.92. The molecular formula is C19H23FN4O2. The van der Waals surface area contributed by atoms with Crippen LogP contribution in [-0.4, -0.2) is 51.8 Å². The van der Waals surface area contributed by atoms with Gasteiger partial charge in [0.05, 0.1) is 5.52 Å². The average molecular weight is 358 g/mol. The number of amides is 2. The summed E-state index contributed by atoms with van der Waals surface area (Å²) in [7, 11) is 1.80. The molecule has 0 bridgehead atoms. The molecule has 1 saturated carbocycles. The Kier molecular flexibility index (Phi) is 4.17. The van der Waals surface area contributed by atoms with Crippen molar-refractivity contribution in [3.8, 4) is 0 Å². The van der Waals surface area contributed by atoms with Gasteiger partial charge in [-0.25, -0.2) is 4.39 Å². The van der Waals surface area contributed by atoms with Crippen molar-refractivity contribution in [2.45, 2.75) is 31.4 Å². The van der Waals surface area contributed by atoms with Crippen LogP contribution in [0.2, 0.25) is 0 Å². The average Bonchev–Trinajstić information content (AvgIpc) is 3.43. The monoisotopic (exact) mass is 358 g/mol. The fourth-order valence-corrected chi connectivity index (χ4v) is 3.53. The minimum Gasteiger partial charge on any atom is -0.353 e. The van der Waals surface area contributed by atoms with Crippen LogP contribution in [0.1, 0.15) is 36.2 Å². The number of nitrogens with zero attached hydrogens (tertiary/aromatic N) is 3. The van der Waals surface area contributed by atoms with Gasteiger partial charge in [-0.3, -0.25) is 14.3 Å². The molecule has 1 aromatic heterocycles. The normalized spacial score (nSPS) is 19.5. The highest BCUT2D eigenvalue weighted by atomic mass is 19.1. The number of piperidine rings is 1. The van der Waals surface area contributed by atoms with Crippen molar-refractivity contribution in [2.24, 2.45) is 13.0 Å². The molecule has 1 N–H and O–H groups in total. The van der Waals surface area contributed by atoms with Gasteiger partial charge in [0.15, 0.2) is 11.4 Å². The maximum absolute atomic E-state index is 15.0. The number of likely N-dealkylation sites (tertiary alicyclic amines) is 1. The molecular weight excluding hydrogens is 335 g/mol. The number of carbonyl (C=O) groups excluding carboxylic acids is 2. The van der Waals surface area contributed by atoms with Gasteiger partial charge >= 0.3 is 0 Å². The molecule has 6 nitrogen and oxygen atoms in total. The Morgan fingerprint density at radius 3 is 2.65 bits per heavy atom. The number of aromatic nitrogens is 2. The number of halogens is 1. The zero-order chi connectivity index (χ0) is 18.3. The Balaban J connectivity index is 1.43. The fraction of sp³-hybridized carbons (Fsp3) is 0.526. The van der Waals surface area contributed by atoms with Gasteiger partial charge in [-0.1, -0.05) is 18.2 Å². The van der Waals surface area contributed by atoms with Crippen LogP contribution in [-0.2, 0) is 11.8 Å². The Morgan fingerprint density at radius 1 is 1.27 bits per heavy atom. The van der Waals surface area contributed by atoms with Crippen LogP contribution in [0, 0.1) is 5.92 Å². The Labute approximate surface area is 151 Å². The highest BCUT2D eigenvalue weighted by Crippen LogP contribution is 2.31. The van der Waals surface area contributed by atoms with Gasteiger partial charge in [0, 0.05) is 44.9 Å². The molecule has 4 rings (SSSR count). The summed E-state index contributed by atoms with van der Waals surface area (Å²) in [5.74, 6) is -0.219. The topological polar surface area (TPSA) is 67.2 Å². The summed E-state index contributed by atoms with van der Waals surface area (Å²) in [6.45, 7) is 1.00. The van der Waals surface area contributed by atoms with E-state index in [1.165, 1.54) is 0 Å². The van der Waals surface area contributed by atoms with Crippen molar-refractivity contribution >= 4 is 22.7 Å². The Morgan fingerprint density at radius 2 is 1.96 bits per heavy atom. The summed E-state index contributed by atoms with van der Waals surface area (Å²) in [5.41, 5.74) is -0.613. The van der Waals surface area contributed by atoms with E-state index in [2.05, 4.69) is 10.4 Å². The third kappa shape index (κ3) is 3.06. The lowest BCUT2D eigenvalue weighted by Gasteiger charge is -2.35. The molecule has 1 aliphatic heterocycles. The maximum Gasteiger partial charge on any atom is 0.275 e. The van der Waals surface area contributed by atoms with Crippen molar-refractivity contribution in [3.05, 3.63) is 30.0 Å². The quantitative estimate of drug-likeness (QED) is 0.910. The first-order valence-electron chi connectivity index (χ1n) is 9.16. The maximum atomic E-state index is 15.0. The summed E-state index contributed by atoms with van der Waals surface area (Å²) in [4.78, 5) is 26.6. The molecule has 1 saturated heterocycles. The molecule has 0 radical (unpaired) electrons. The van der Waals surface area contributed by atoms with Crippen molar-refractivity contribution < 1.29 is 14.0 Å². The van der Waals surface area contributed by atoms with E-state index in [4.69, 9.17) is 0 Å². The van der Waals surface area contributed by atoms with Crippen LogP contribution in [0.5, 0.6) is 0 Å². The number of nitrogens with one attached hydrogen (secondary N) is 1. The molecule has 2 aromatic rings. The number of para-hydroxylation sites is 1. The first kappa shape index (κ1) is 17.0. The van der Waals surface area contributed by atoms with E-state index >= 15 is 0 Å². The van der Waals surface area contributed by atoms with Gasteiger partial charge in [0.2, 0.25) is 0 Å². The minimum atomic E-state index is -1.88. The Hall–Kier alpha value is -2.44. The molecule has 2 amide bonds. The summed E-state index contributed by atoms with van der Waals surface area (Å²) in [6.07, 6.45) is 2.28. The fourth-order valence-electron chi connectivity index (χ4n) is 3.53. The molecule has 0 atom stereocenters. The number of carbonyl (C=O) groups is 2. The second-order valence-electron chi connectivity index (χ2n) is 7.40. The first-order valence-corrected chi connectivity index (χ1v) is 9.16. The van der Waals surface area contributed by atoms with Crippen LogP contribution < -0.4 is 5.32 Å². The van der Waals surface area contributed by atoms with Gasteiger partial charge < -0.3 is 10.2 Å². The number of aryl methyl sites for hydroxylation is 1. The number of fused-ring (bicyclic) bond motifs is 1. The van der Waals surface area contributed by atoms with E-state index in [1.54, 1.807) is 16.6 Å². The summed E-state index contributed by atoms with van der Waals surface area (Å²) < 4.78 is 16.6. The molecule has 2 aliphatic rings. The van der Waals surface area contributed by atoms with Crippen molar-refractivity contribution in [1.82, 2.24) is 20.0 Å². The second kappa shape index (κ2) is 6.37. The summed E-state index contributed by atoms with van der Waals surface area (Å²) in [5, 5.41) is 7.86. The Bertz CT molecular complexity index is 850. The predicted octanol–water partition coefficient (Wildman–Crippen LogP) is 2.04. The van der Waals surface area contributed by atoms with Gasteiger partial charge in [0.25, 0.3) is 11.8 Å². The van der Waals surface area contributed by atoms with Gasteiger partial charge in [-0.15, -0.1) is 0 Å². The molecule has 7 heteroatoms. The zero-order valence-electron chi connectivity index (χ0n) is 14.9. The molecule has 1 aromatic carbocycles. The van der Waals surface area contributed by atoms with E-state index in [0.29, 0.717) is 18.2 Å². The van der Waals surface area contributed by atoms with Crippen LogP contribution >= 0.6 is 0 Å². The number of hydrogen-bond donors (Lipinski definition) is 1. The lowest BCUT2D eigenvalue weighted by Crippen LogP contribution is -2.52. The van der Waals surface area contributed by atoms with Crippen molar-refractivity contribution in [2.75, 3.05) is 19.6 Å². The van der Waals surface area contributed by atoms with E-state index in [1.807, 2.05) is 24.3 Å². The molecule has 1 aliphatic carbocycles. The third-order valence-corrected chi connectivity index (χ3v) is 5.46. The number of rotatable bonds is 4. The number of hydrogen-bond acceptors (Lipinski definition) is 3. The van der Waals surface area contributed by atoms with Gasteiger partial charge in [-0.05, 0) is 24.8 Å². The number of benzene rings is 1. The molecule has 2 fully saturated rings. The molecule has 0 unspecified atom stereocenters. The summed E-state index contributed by atoms with van der Waals surface area (Å²) >= 11 is 0. The highest BCUT2D eigenvalue weighted by Gasteiger charge is 2.43. The van der Waals surface area contributed by atoms with E-state index in [9.17, 15) is 14.0 Å². The standard InChI is InChI=1S/C19H23FN4O2/c1-23-15-5-3-2-4-14(15)16(22-23)17(25)24-10-8-19(20,9-11-24)18(26)21-12-13-6-7-13/h2-5,13H,6-12H2,1H3,(H,21,26).